The van der Waals surface area contributed by atoms with Gasteiger partial charge >= 0.3 is 5.97 Å². The van der Waals surface area contributed by atoms with Gasteiger partial charge in [0, 0.05) is 49.6 Å². The van der Waals surface area contributed by atoms with E-state index in [0.717, 1.165) is 5.69 Å². The van der Waals surface area contributed by atoms with Crippen LogP contribution in [0.3, 0.4) is 0 Å². The lowest BCUT2D eigenvalue weighted by Gasteiger charge is -2.35. The second-order valence-electron chi connectivity index (χ2n) is 7.47. The number of rotatable bonds is 9. The Labute approximate surface area is 198 Å². The van der Waals surface area contributed by atoms with Crippen LogP contribution in [0.15, 0.2) is 35.5 Å². The summed E-state index contributed by atoms with van der Waals surface area (Å²) in [5.41, 5.74) is 0.829. The van der Waals surface area contributed by atoms with Gasteiger partial charge in [0.2, 0.25) is 5.03 Å². The summed E-state index contributed by atoms with van der Waals surface area (Å²) in [6.45, 7) is 5.28. The maximum absolute atomic E-state index is 13.4. The van der Waals surface area contributed by atoms with E-state index in [2.05, 4.69) is 15.3 Å². The van der Waals surface area contributed by atoms with Gasteiger partial charge in [0.25, 0.3) is 15.9 Å². The number of aryl methyl sites for hydroxylation is 1. The predicted octanol–water partition coefficient (Wildman–Crippen LogP) is 1.75. The molecule has 1 amide bonds. The number of halogens is 1. The Bertz CT molecular complexity index is 1100. The monoisotopic (exact) mass is 497 g/mol. The molecule has 0 unspecified atom stereocenters. The van der Waals surface area contributed by atoms with E-state index in [1.807, 2.05) is 25.1 Å². The molecule has 0 saturated carbocycles. The zero-order valence-electron chi connectivity index (χ0n) is 18.7. The Hall–Kier alpha value is -2.63. The number of nitrogens with zero attached hydrogens (tertiary/aromatic N) is 4. The Morgan fingerprint density at radius 1 is 1.18 bits per heavy atom. The fourth-order valence-corrected chi connectivity index (χ4v) is 5.24. The standard InChI is InChI=1S/C21H28ClN5O5S/c1-3-8-26-15-18(20(29)23-14-19(28)32-4-2)21(24-26)33(30,31)27-11-9-25(10-12-27)17-7-5-6-16(22)13-17/h5-7,13,15H,3-4,8-12,14H2,1-2H3,(H,23,29). The number of aromatic nitrogens is 2. The first-order valence-corrected chi connectivity index (χ1v) is 12.6. The minimum atomic E-state index is -4.03. The third-order valence-electron chi connectivity index (χ3n) is 5.12. The molecule has 1 saturated heterocycles. The average Bonchev–Trinajstić information content (AvgIpc) is 3.23. The molecule has 0 radical (unpaired) electrons. The topological polar surface area (TPSA) is 114 Å². The first kappa shape index (κ1) is 25.0. The number of hydrogen-bond donors (Lipinski definition) is 1. The number of esters is 1. The van der Waals surface area contributed by atoms with Crippen molar-refractivity contribution < 1.29 is 22.7 Å². The Balaban J connectivity index is 1.78. The van der Waals surface area contributed by atoms with Gasteiger partial charge in [-0.15, -0.1) is 0 Å². The molecule has 3 rings (SSSR count). The summed E-state index contributed by atoms with van der Waals surface area (Å²) in [6, 6.07) is 7.40. The molecule has 2 aromatic rings. The Morgan fingerprint density at radius 2 is 1.91 bits per heavy atom. The normalized spacial score (nSPS) is 14.8. The SMILES string of the molecule is CCCn1cc(C(=O)NCC(=O)OCC)c(S(=O)(=O)N2CCN(c3cccc(Cl)c3)CC2)n1. The highest BCUT2D eigenvalue weighted by atomic mass is 35.5. The smallest absolute Gasteiger partial charge is 0.325 e. The molecule has 0 aliphatic carbocycles. The zero-order chi connectivity index (χ0) is 24.0. The van der Waals surface area contributed by atoms with Crippen LogP contribution < -0.4 is 10.2 Å². The molecule has 1 aliphatic heterocycles. The first-order chi connectivity index (χ1) is 15.8. The van der Waals surface area contributed by atoms with E-state index in [0.29, 0.717) is 31.1 Å². The van der Waals surface area contributed by atoms with E-state index in [1.165, 1.54) is 15.2 Å². The highest BCUT2D eigenvalue weighted by molar-refractivity contribution is 7.89. The number of carbonyl (C=O) groups is 2. The molecule has 0 atom stereocenters. The van der Waals surface area contributed by atoms with Gasteiger partial charge in [-0.1, -0.05) is 24.6 Å². The molecule has 1 fully saturated rings. The van der Waals surface area contributed by atoms with Crippen LogP contribution in [-0.2, 0) is 26.1 Å². The van der Waals surface area contributed by atoms with Crippen LogP contribution in [-0.4, -0.2) is 73.7 Å². The van der Waals surface area contributed by atoms with Crippen molar-refractivity contribution in [2.45, 2.75) is 31.8 Å². The first-order valence-electron chi connectivity index (χ1n) is 10.8. The van der Waals surface area contributed by atoms with Crippen LogP contribution >= 0.6 is 11.6 Å². The van der Waals surface area contributed by atoms with E-state index in [1.54, 1.807) is 13.0 Å². The zero-order valence-corrected chi connectivity index (χ0v) is 20.2. The number of ether oxygens (including phenoxy) is 1. The van der Waals surface area contributed by atoms with E-state index >= 15 is 0 Å². The van der Waals surface area contributed by atoms with Gasteiger partial charge in [-0.05, 0) is 31.5 Å². The molecule has 0 spiro atoms. The third-order valence-corrected chi connectivity index (χ3v) is 7.19. The summed E-state index contributed by atoms with van der Waals surface area (Å²) < 4.78 is 34.4. The lowest BCUT2D eigenvalue weighted by Crippen LogP contribution is -2.49. The number of carbonyl (C=O) groups excluding carboxylic acids is 2. The minimum absolute atomic E-state index is 0.0926. The molecule has 12 heteroatoms. The van der Waals surface area contributed by atoms with Crippen molar-refractivity contribution in [1.82, 2.24) is 19.4 Å². The van der Waals surface area contributed by atoms with Crippen LogP contribution in [0.5, 0.6) is 0 Å². The molecule has 33 heavy (non-hydrogen) atoms. The fourth-order valence-electron chi connectivity index (χ4n) is 3.54. The number of hydrogen-bond acceptors (Lipinski definition) is 7. The number of anilines is 1. The summed E-state index contributed by atoms with van der Waals surface area (Å²) in [5.74, 6) is -1.30. The van der Waals surface area contributed by atoms with Gasteiger partial charge in [0.05, 0.1) is 12.2 Å². The second kappa shape index (κ2) is 11.0. The summed E-state index contributed by atoms with van der Waals surface area (Å²) in [4.78, 5) is 26.4. The van der Waals surface area contributed by atoms with Crippen LogP contribution in [0.25, 0.3) is 0 Å². The summed E-state index contributed by atoms with van der Waals surface area (Å²) >= 11 is 6.07. The Morgan fingerprint density at radius 3 is 2.55 bits per heavy atom. The van der Waals surface area contributed by atoms with Crippen molar-refractivity contribution in [3.63, 3.8) is 0 Å². The van der Waals surface area contributed by atoms with Gasteiger partial charge < -0.3 is 15.0 Å². The lowest BCUT2D eigenvalue weighted by molar-refractivity contribution is -0.141. The molecule has 180 valence electrons. The summed E-state index contributed by atoms with van der Waals surface area (Å²) in [5, 5.41) is 6.92. The summed E-state index contributed by atoms with van der Waals surface area (Å²) in [6.07, 6.45) is 2.11. The fraction of sp³-hybridized carbons (Fsp3) is 0.476. The number of amides is 1. The van der Waals surface area contributed by atoms with E-state index in [4.69, 9.17) is 16.3 Å². The van der Waals surface area contributed by atoms with Crippen molar-refractivity contribution in [3.05, 3.63) is 41.0 Å². The Kier molecular flexibility index (Phi) is 8.33. The number of nitrogens with one attached hydrogen (secondary N) is 1. The summed E-state index contributed by atoms with van der Waals surface area (Å²) in [7, 11) is -4.03. The third kappa shape index (κ3) is 6.04. The molecule has 10 nitrogen and oxygen atoms in total. The maximum Gasteiger partial charge on any atom is 0.325 e. The van der Waals surface area contributed by atoms with Crippen LogP contribution in [0.1, 0.15) is 30.6 Å². The van der Waals surface area contributed by atoms with E-state index in [-0.39, 0.29) is 36.8 Å². The average molecular weight is 498 g/mol. The maximum atomic E-state index is 13.4. The van der Waals surface area contributed by atoms with Crippen molar-refractivity contribution in [2.75, 3.05) is 44.2 Å². The molecular formula is C21H28ClN5O5S. The lowest BCUT2D eigenvalue weighted by atomic mass is 10.2. The van der Waals surface area contributed by atoms with Crippen LogP contribution in [0.4, 0.5) is 5.69 Å². The molecule has 1 aromatic carbocycles. The quantitative estimate of drug-likeness (QED) is 0.525. The van der Waals surface area contributed by atoms with Crippen molar-refractivity contribution in [3.8, 4) is 0 Å². The highest BCUT2D eigenvalue weighted by Crippen LogP contribution is 2.24. The van der Waals surface area contributed by atoms with E-state index < -0.39 is 21.9 Å². The molecule has 2 heterocycles. The number of piperazine rings is 1. The van der Waals surface area contributed by atoms with Gasteiger partial charge in [0.15, 0.2) is 0 Å². The van der Waals surface area contributed by atoms with Crippen molar-refractivity contribution >= 4 is 39.2 Å². The van der Waals surface area contributed by atoms with Crippen LogP contribution in [0, 0.1) is 0 Å². The second-order valence-corrected chi connectivity index (χ2v) is 9.76. The molecule has 1 aliphatic rings. The molecule has 0 bridgehead atoms. The highest BCUT2D eigenvalue weighted by Gasteiger charge is 2.35. The van der Waals surface area contributed by atoms with Crippen LogP contribution in [0.2, 0.25) is 5.02 Å². The molecular weight excluding hydrogens is 470 g/mol. The van der Waals surface area contributed by atoms with Crippen molar-refractivity contribution in [2.24, 2.45) is 0 Å². The van der Waals surface area contributed by atoms with Gasteiger partial charge in [-0.3, -0.25) is 14.3 Å². The number of benzene rings is 1. The molecule has 1 N–H and O–H groups in total. The van der Waals surface area contributed by atoms with Gasteiger partial charge in [-0.25, -0.2) is 8.42 Å². The van der Waals surface area contributed by atoms with Gasteiger partial charge in [0.1, 0.15) is 6.54 Å². The number of sulfonamides is 1. The minimum Gasteiger partial charge on any atom is -0.465 e. The van der Waals surface area contributed by atoms with Crippen molar-refractivity contribution in [1.29, 1.82) is 0 Å². The van der Waals surface area contributed by atoms with E-state index in [9.17, 15) is 18.0 Å². The predicted molar refractivity (Wildman–Crippen MR) is 124 cm³/mol. The molecule has 1 aromatic heterocycles. The largest absolute Gasteiger partial charge is 0.465 e. The van der Waals surface area contributed by atoms with Gasteiger partial charge in [-0.2, -0.15) is 9.40 Å².